The Hall–Kier alpha value is -3.28. The molecule has 0 spiro atoms. The van der Waals surface area contributed by atoms with Crippen LogP contribution in [0.3, 0.4) is 0 Å². The van der Waals surface area contributed by atoms with Gasteiger partial charge in [-0.25, -0.2) is 4.98 Å². The molecule has 28 heavy (non-hydrogen) atoms. The normalized spacial score (nSPS) is 15.0. The van der Waals surface area contributed by atoms with Crippen LogP contribution >= 0.6 is 0 Å². The summed E-state index contributed by atoms with van der Waals surface area (Å²) < 4.78 is 1.41. The van der Waals surface area contributed by atoms with Gasteiger partial charge < -0.3 is 4.90 Å². The lowest BCUT2D eigenvalue weighted by Gasteiger charge is -2.31. The van der Waals surface area contributed by atoms with E-state index >= 15 is 0 Å². The van der Waals surface area contributed by atoms with Crippen LogP contribution in [0.25, 0.3) is 5.65 Å². The number of ketones is 1. The maximum atomic E-state index is 12.9. The van der Waals surface area contributed by atoms with Gasteiger partial charge in [0.25, 0.3) is 11.5 Å². The molecular weight excluding hydrogens is 354 g/mol. The molecule has 1 aliphatic rings. The van der Waals surface area contributed by atoms with Crippen molar-refractivity contribution in [2.45, 2.75) is 19.8 Å². The summed E-state index contributed by atoms with van der Waals surface area (Å²) in [7, 11) is 0. The topological polar surface area (TPSA) is 71.8 Å². The lowest BCUT2D eigenvalue weighted by molar-refractivity contribution is 0.0648. The molecule has 6 heteroatoms. The number of pyridine rings is 1. The molecule has 6 nitrogen and oxygen atoms in total. The number of benzene rings is 1. The molecule has 4 rings (SSSR count). The standard InChI is InChI=1S/C22H21N3O3/c1-15-7-8-19-23-13-18(22(28)25(19)14-15)21(27)24-11-9-17(10-12-24)20(26)16-5-3-2-4-6-16/h2-8,13-14,17H,9-12H2,1H3. The van der Waals surface area contributed by atoms with E-state index in [2.05, 4.69) is 4.98 Å². The highest BCUT2D eigenvalue weighted by atomic mass is 16.2. The summed E-state index contributed by atoms with van der Waals surface area (Å²) in [5.74, 6) is -0.292. The van der Waals surface area contributed by atoms with Gasteiger partial charge in [-0.05, 0) is 31.4 Å². The van der Waals surface area contributed by atoms with E-state index in [1.807, 2.05) is 43.3 Å². The number of hydrogen-bond acceptors (Lipinski definition) is 4. The largest absolute Gasteiger partial charge is 0.338 e. The van der Waals surface area contributed by atoms with Crippen LogP contribution < -0.4 is 5.56 Å². The molecule has 0 unspecified atom stereocenters. The van der Waals surface area contributed by atoms with Crippen molar-refractivity contribution < 1.29 is 9.59 Å². The van der Waals surface area contributed by atoms with Gasteiger partial charge in [0.2, 0.25) is 0 Å². The smallest absolute Gasteiger partial charge is 0.270 e. The van der Waals surface area contributed by atoms with Crippen molar-refractivity contribution in [3.05, 3.63) is 81.9 Å². The van der Waals surface area contributed by atoms with Gasteiger partial charge in [0, 0.05) is 37.0 Å². The number of aromatic nitrogens is 2. The van der Waals surface area contributed by atoms with Gasteiger partial charge in [0.1, 0.15) is 11.2 Å². The number of carbonyl (C=O) groups excluding carboxylic acids is 2. The molecule has 142 valence electrons. The maximum Gasteiger partial charge on any atom is 0.270 e. The minimum Gasteiger partial charge on any atom is -0.338 e. The van der Waals surface area contributed by atoms with Gasteiger partial charge >= 0.3 is 0 Å². The van der Waals surface area contributed by atoms with Crippen molar-refractivity contribution in [1.29, 1.82) is 0 Å². The van der Waals surface area contributed by atoms with Crippen LogP contribution in [0.1, 0.15) is 39.1 Å². The Morgan fingerprint density at radius 1 is 1.04 bits per heavy atom. The molecule has 1 aliphatic heterocycles. The summed E-state index contributed by atoms with van der Waals surface area (Å²) in [6.07, 6.45) is 4.24. The van der Waals surface area contributed by atoms with Crippen molar-refractivity contribution >= 4 is 17.3 Å². The first-order valence-electron chi connectivity index (χ1n) is 9.41. The van der Waals surface area contributed by atoms with Gasteiger partial charge in [-0.2, -0.15) is 0 Å². The summed E-state index contributed by atoms with van der Waals surface area (Å²) in [6.45, 7) is 2.80. The first kappa shape index (κ1) is 18.1. The highest BCUT2D eigenvalue weighted by Crippen LogP contribution is 2.22. The number of amides is 1. The van der Waals surface area contributed by atoms with E-state index in [0.29, 0.717) is 37.1 Å². The van der Waals surface area contributed by atoms with Crippen molar-refractivity contribution in [3.63, 3.8) is 0 Å². The average molecular weight is 375 g/mol. The number of aryl methyl sites for hydroxylation is 1. The number of piperidine rings is 1. The fourth-order valence-electron chi connectivity index (χ4n) is 3.68. The van der Waals surface area contributed by atoms with Gasteiger partial charge in [-0.1, -0.05) is 36.4 Å². The molecule has 0 aliphatic carbocycles. The Bertz CT molecular complexity index is 1100. The van der Waals surface area contributed by atoms with E-state index in [9.17, 15) is 14.4 Å². The summed E-state index contributed by atoms with van der Waals surface area (Å²) in [5.41, 5.74) is 1.84. The zero-order valence-corrected chi connectivity index (χ0v) is 15.7. The number of fused-ring (bicyclic) bond motifs is 1. The summed E-state index contributed by atoms with van der Waals surface area (Å²) in [4.78, 5) is 44.1. The van der Waals surface area contributed by atoms with E-state index in [-0.39, 0.29) is 28.7 Å². The predicted molar refractivity (Wildman–Crippen MR) is 106 cm³/mol. The van der Waals surface area contributed by atoms with E-state index in [1.165, 1.54) is 10.6 Å². The molecule has 1 saturated heterocycles. The Morgan fingerprint density at radius 2 is 1.75 bits per heavy atom. The van der Waals surface area contributed by atoms with E-state index in [1.54, 1.807) is 17.2 Å². The zero-order valence-electron chi connectivity index (χ0n) is 15.7. The maximum absolute atomic E-state index is 12.9. The molecule has 0 radical (unpaired) electrons. The highest BCUT2D eigenvalue weighted by molar-refractivity contribution is 5.98. The van der Waals surface area contributed by atoms with Crippen molar-refractivity contribution in [2.75, 3.05) is 13.1 Å². The van der Waals surface area contributed by atoms with Crippen LogP contribution in [0.4, 0.5) is 0 Å². The molecule has 3 heterocycles. The Kier molecular flexibility index (Phi) is 4.77. The SMILES string of the molecule is Cc1ccc2ncc(C(=O)N3CCC(C(=O)c4ccccc4)CC3)c(=O)n2c1. The quantitative estimate of drug-likeness (QED) is 0.660. The number of rotatable bonds is 3. The van der Waals surface area contributed by atoms with Crippen LogP contribution in [0.5, 0.6) is 0 Å². The number of hydrogen-bond donors (Lipinski definition) is 0. The third-order valence-corrected chi connectivity index (χ3v) is 5.29. The van der Waals surface area contributed by atoms with Crippen molar-refractivity contribution in [1.82, 2.24) is 14.3 Å². The van der Waals surface area contributed by atoms with Crippen LogP contribution in [-0.2, 0) is 0 Å². The molecule has 0 N–H and O–H groups in total. The molecule has 1 amide bonds. The van der Waals surface area contributed by atoms with Gasteiger partial charge in [-0.15, -0.1) is 0 Å². The first-order chi connectivity index (χ1) is 13.5. The Balaban J connectivity index is 1.50. The number of Topliss-reactive ketones (excluding diaryl/α,β-unsaturated/α-hetero) is 1. The fourth-order valence-corrected chi connectivity index (χ4v) is 3.68. The second-order valence-corrected chi connectivity index (χ2v) is 7.21. The third kappa shape index (κ3) is 3.33. The van der Waals surface area contributed by atoms with Crippen molar-refractivity contribution in [2.24, 2.45) is 5.92 Å². The molecule has 3 aromatic rings. The van der Waals surface area contributed by atoms with E-state index < -0.39 is 0 Å². The number of likely N-dealkylation sites (tertiary alicyclic amines) is 1. The third-order valence-electron chi connectivity index (χ3n) is 5.29. The summed E-state index contributed by atoms with van der Waals surface area (Å²) >= 11 is 0. The molecule has 0 bridgehead atoms. The van der Waals surface area contributed by atoms with Gasteiger partial charge in [0.15, 0.2) is 5.78 Å². The zero-order chi connectivity index (χ0) is 19.7. The minimum absolute atomic E-state index is 0.0657. The Labute approximate surface area is 162 Å². The first-order valence-corrected chi connectivity index (χ1v) is 9.41. The summed E-state index contributed by atoms with van der Waals surface area (Å²) in [5, 5.41) is 0. The Morgan fingerprint density at radius 3 is 2.46 bits per heavy atom. The lowest BCUT2D eigenvalue weighted by atomic mass is 9.89. The number of nitrogens with zero attached hydrogens (tertiary/aromatic N) is 3. The second kappa shape index (κ2) is 7.38. The van der Waals surface area contributed by atoms with Crippen molar-refractivity contribution in [3.8, 4) is 0 Å². The molecule has 0 saturated carbocycles. The van der Waals surface area contributed by atoms with Crippen LogP contribution in [0, 0.1) is 12.8 Å². The molecule has 1 fully saturated rings. The van der Waals surface area contributed by atoms with Gasteiger partial charge in [-0.3, -0.25) is 18.8 Å². The van der Waals surface area contributed by atoms with Gasteiger partial charge in [0.05, 0.1) is 0 Å². The van der Waals surface area contributed by atoms with Crippen LogP contribution in [-0.4, -0.2) is 39.1 Å². The average Bonchev–Trinajstić information content (AvgIpc) is 2.74. The monoisotopic (exact) mass is 375 g/mol. The molecular formula is C22H21N3O3. The lowest BCUT2D eigenvalue weighted by Crippen LogP contribution is -2.42. The molecule has 0 atom stereocenters. The minimum atomic E-state index is -0.360. The number of carbonyl (C=O) groups is 2. The predicted octanol–water partition coefficient (Wildman–Crippen LogP) is 2.74. The van der Waals surface area contributed by atoms with Crippen LogP contribution in [0.15, 0.2) is 59.7 Å². The van der Waals surface area contributed by atoms with E-state index in [4.69, 9.17) is 0 Å². The molecule has 2 aromatic heterocycles. The van der Waals surface area contributed by atoms with E-state index in [0.717, 1.165) is 5.56 Å². The molecule has 1 aromatic carbocycles. The van der Waals surface area contributed by atoms with Crippen LogP contribution in [0.2, 0.25) is 0 Å². The summed E-state index contributed by atoms with van der Waals surface area (Å²) in [6, 6.07) is 12.9. The fraction of sp³-hybridized carbons (Fsp3) is 0.273. The second-order valence-electron chi connectivity index (χ2n) is 7.21. The highest BCUT2D eigenvalue weighted by Gasteiger charge is 2.29.